The highest BCUT2D eigenvalue weighted by molar-refractivity contribution is 5.96. The Balaban J connectivity index is 2.16. The zero-order valence-electron chi connectivity index (χ0n) is 7.60. The van der Waals surface area contributed by atoms with Gasteiger partial charge in [-0.2, -0.15) is 0 Å². The number of pyridine rings is 1. The highest BCUT2D eigenvalue weighted by Gasteiger charge is 2.31. The van der Waals surface area contributed by atoms with E-state index in [-0.39, 0.29) is 17.9 Å². The summed E-state index contributed by atoms with van der Waals surface area (Å²) in [6.07, 6.45) is 1.28. The number of rotatable bonds is 2. The summed E-state index contributed by atoms with van der Waals surface area (Å²) in [4.78, 5) is 15.8. The summed E-state index contributed by atoms with van der Waals surface area (Å²) in [5, 5.41) is 0. The highest BCUT2D eigenvalue weighted by Crippen LogP contribution is 2.10. The first-order valence-electron chi connectivity index (χ1n) is 4.48. The van der Waals surface area contributed by atoms with Crippen molar-refractivity contribution >= 4 is 5.78 Å². The van der Waals surface area contributed by atoms with Crippen LogP contribution >= 0.6 is 0 Å². The van der Waals surface area contributed by atoms with E-state index >= 15 is 0 Å². The number of hydrazine groups is 1. The van der Waals surface area contributed by atoms with Gasteiger partial charge in [-0.15, -0.1) is 0 Å². The van der Waals surface area contributed by atoms with Crippen LogP contribution in [0.1, 0.15) is 10.5 Å². The van der Waals surface area contributed by atoms with E-state index in [1.165, 1.54) is 0 Å². The molecule has 0 amide bonds. The lowest BCUT2D eigenvalue weighted by Crippen LogP contribution is -2.41. The minimum Gasteiger partial charge on any atom is -0.314 e. The van der Waals surface area contributed by atoms with Gasteiger partial charge in [0.25, 0.3) is 0 Å². The Morgan fingerprint density at radius 1 is 1.57 bits per heavy atom. The van der Waals surface area contributed by atoms with Crippen molar-refractivity contribution in [2.45, 2.75) is 6.17 Å². The van der Waals surface area contributed by atoms with Gasteiger partial charge in [0.05, 0.1) is 12.1 Å². The fraction of sp³-hybridized carbons (Fsp3) is 0.333. The van der Waals surface area contributed by atoms with Crippen molar-refractivity contribution in [3.63, 3.8) is 0 Å². The number of nitrogens with zero attached hydrogens (tertiary/aromatic N) is 1. The molecule has 14 heavy (non-hydrogen) atoms. The van der Waals surface area contributed by atoms with Crippen molar-refractivity contribution in [2.75, 3.05) is 6.54 Å². The molecule has 1 aliphatic heterocycles. The summed E-state index contributed by atoms with van der Waals surface area (Å²) < 4.78 is 0. The van der Waals surface area contributed by atoms with Crippen LogP contribution in [0.2, 0.25) is 0 Å². The van der Waals surface area contributed by atoms with E-state index in [1.54, 1.807) is 24.4 Å². The number of aromatic nitrogens is 1. The smallest absolute Gasteiger partial charge is 0.188 e. The molecule has 74 valence electrons. The maximum absolute atomic E-state index is 11.8. The fourth-order valence-corrected chi connectivity index (χ4v) is 1.47. The summed E-state index contributed by atoms with van der Waals surface area (Å²) >= 11 is 0. The average molecular weight is 192 g/mol. The summed E-state index contributed by atoms with van der Waals surface area (Å²) in [6.45, 7) is 0.552. The van der Waals surface area contributed by atoms with Crippen LogP contribution in [0.25, 0.3) is 0 Å². The lowest BCUT2D eigenvalue weighted by Gasteiger charge is -2.11. The highest BCUT2D eigenvalue weighted by atomic mass is 16.1. The molecule has 0 aliphatic carbocycles. The van der Waals surface area contributed by atoms with E-state index in [4.69, 9.17) is 5.73 Å². The number of carbonyl (C=O) groups is 1. The maximum Gasteiger partial charge on any atom is 0.188 e. The number of carbonyl (C=O) groups excluding carboxylic acids is 1. The Morgan fingerprint density at radius 2 is 2.43 bits per heavy atom. The molecule has 1 saturated heterocycles. The monoisotopic (exact) mass is 192 g/mol. The molecular weight excluding hydrogens is 180 g/mol. The second kappa shape index (κ2) is 3.83. The molecule has 4 N–H and O–H groups in total. The molecule has 5 nitrogen and oxygen atoms in total. The largest absolute Gasteiger partial charge is 0.314 e. The molecule has 2 unspecified atom stereocenters. The topological polar surface area (TPSA) is 80.0 Å². The van der Waals surface area contributed by atoms with Crippen molar-refractivity contribution in [3.8, 4) is 0 Å². The van der Waals surface area contributed by atoms with Crippen LogP contribution in [0.3, 0.4) is 0 Å². The Labute approximate surface area is 81.7 Å². The van der Waals surface area contributed by atoms with Crippen LogP contribution in [0.5, 0.6) is 0 Å². The molecule has 1 aromatic rings. The molecule has 2 heterocycles. The Morgan fingerprint density at radius 3 is 3.00 bits per heavy atom. The molecule has 0 bridgehead atoms. The first kappa shape index (κ1) is 9.26. The Kier molecular flexibility index (Phi) is 2.53. The van der Waals surface area contributed by atoms with Crippen molar-refractivity contribution in [2.24, 2.45) is 11.7 Å². The van der Waals surface area contributed by atoms with Crippen molar-refractivity contribution in [1.82, 2.24) is 15.8 Å². The molecule has 1 fully saturated rings. The lowest BCUT2D eigenvalue weighted by atomic mass is 10.00. The van der Waals surface area contributed by atoms with Crippen LogP contribution in [0, 0.1) is 5.92 Å². The van der Waals surface area contributed by atoms with Crippen LogP contribution < -0.4 is 16.6 Å². The molecule has 0 saturated carbocycles. The Hall–Kier alpha value is -1.30. The van der Waals surface area contributed by atoms with Gasteiger partial charge in [0.15, 0.2) is 5.78 Å². The van der Waals surface area contributed by atoms with Crippen LogP contribution in [0.15, 0.2) is 24.4 Å². The van der Waals surface area contributed by atoms with Gasteiger partial charge in [-0.25, -0.2) is 5.43 Å². The normalized spacial score (nSPS) is 26.4. The van der Waals surface area contributed by atoms with E-state index < -0.39 is 0 Å². The van der Waals surface area contributed by atoms with E-state index in [0.717, 1.165) is 0 Å². The number of Topliss-reactive ketones (excluding diaryl/α,β-unsaturated/α-hetero) is 1. The van der Waals surface area contributed by atoms with Crippen molar-refractivity contribution in [3.05, 3.63) is 30.1 Å². The van der Waals surface area contributed by atoms with E-state index in [1.807, 2.05) is 0 Å². The molecule has 0 spiro atoms. The summed E-state index contributed by atoms with van der Waals surface area (Å²) in [5.41, 5.74) is 11.8. The maximum atomic E-state index is 11.8. The minimum absolute atomic E-state index is 0.0180. The SMILES string of the molecule is NC1NNCC1C(=O)c1ccccn1. The predicted molar refractivity (Wildman–Crippen MR) is 51.2 cm³/mol. The van der Waals surface area contributed by atoms with Gasteiger partial charge in [0, 0.05) is 12.7 Å². The van der Waals surface area contributed by atoms with Crippen LogP contribution in [-0.4, -0.2) is 23.5 Å². The molecule has 1 aromatic heterocycles. The second-order valence-electron chi connectivity index (χ2n) is 3.24. The first-order chi connectivity index (χ1) is 6.79. The fourth-order valence-electron chi connectivity index (χ4n) is 1.47. The summed E-state index contributed by atoms with van der Waals surface area (Å²) in [5.74, 6) is -0.250. The molecular formula is C9H12N4O. The van der Waals surface area contributed by atoms with E-state index in [9.17, 15) is 4.79 Å². The van der Waals surface area contributed by atoms with Crippen molar-refractivity contribution in [1.29, 1.82) is 0 Å². The van der Waals surface area contributed by atoms with E-state index in [2.05, 4.69) is 15.8 Å². The minimum atomic E-state index is -0.329. The van der Waals surface area contributed by atoms with Crippen LogP contribution in [0.4, 0.5) is 0 Å². The summed E-state index contributed by atoms with van der Waals surface area (Å²) in [6, 6.07) is 5.27. The third kappa shape index (κ3) is 1.65. The zero-order valence-corrected chi connectivity index (χ0v) is 7.60. The van der Waals surface area contributed by atoms with Gasteiger partial charge in [-0.3, -0.25) is 15.2 Å². The molecule has 2 rings (SSSR count). The van der Waals surface area contributed by atoms with Gasteiger partial charge < -0.3 is 5.73 Å². The first-order valence-corrected chi connectivity index (χ1v) is 4.48. The average Bonchev–Trinajstić information content (AvgIpc) is 2.65. The third-order valence-corrected chi connectivity index (χ3v) is 2.28. The number of ketones is 1. The molecule has 0 radical (unpaired) electrons. The van der Waals surface area contributed by atoms with Gasteiger partial charge in [-0.1, -0.05) is 6.07 Å². The third-order valence-electron chi connectivity index (χ3n) is 2.28. The van der Waals surface area contributed by atoms with Gasteiger partial charge in [0.1, 0.15) is 5.69 Å². The lowest BCUT2D eigenvalue weighted by molar-refractivity contribution is 0.0914. The van der Waals surface area contributed by atoms with E-state index in [0.29, 0.717) is 12.2 Å². The standard InChI is InChI=1S/C9H12N4O/c10-9-6(5-12-13-9)8(14)7-3-1-2-4-11-7/h1-4,6,9,12-13H,5,10H2. The van der Waals surface area contributed by atoms with Gasteiger partial charge in [-0.05, 0) is 12.1 Å². The number of nitrogens with one attached hydrogen (secondary N) is 2. The van der Waals surface area contributed by atoms with Crippen molar-refractivity contribution < 1.29 is 4.79 Å². The quantitative estimate of drug-likeness (QED) is 0.538. The number of hydrogen-bond donors (Lipinski definition) is 3. The molecule has 0 aromatic carbocycles. The van der Waals surface area contributed by atoms with Gasteiger partial charge in [0.2, 0.25) is 0 Å². The second-order valence-corrected chi connectivity index (χ2v) is 3.24. The zero-order chi connectivity index (χ0) is 9.97. The Bertz CT molecular complexity index is 327. The molecule has 2 atom stereocenters. The molecule has 1 aliphatic rings. The summed E-state index contributed by atoms with van der Waals surface area (Å²) in [7, 11) is 0. The number of hydrogen-bond acceptors (Lipinski definition) is 5. The molecule has 5 heteroatoms. The number of nitrogens with two attached hydrogens (primary N) is 1. The van der Waals surface area contributed by atoms with Gasteiger partial charge >= 0.3 is 0 Å². The predicted octanol–water partition coefficient (Wildman–Crippen LogP) is -0.727. The van der Waals surface area contributed by atoms with Crippen LogP contribution in [-0.2, 0) is 0 Å².